The number of nitrogens with zero attached hydrogens (tertiary/aromatic N) is 1. The number of rotatable bonds is 5. The van der Waals surface area contributed by atoms with Crippen molar-refractivity contribution in [1.82, 2.24) is 10.2 Å². The number of carbonyl (C=O) groups excluding carboxylic acids is 2. The lowest BCUT2D eigenvalue weighted by atomic mass is 10.0. The molecule has 1 aromatic rings. The highest BCUT2D eigenvalue weighted by atomic mass is 16.2. The summed E-state index contributed by atoms with van der Waals surface area (Å²) in [4.78, 5) is 25.9. The van der Waals surface area contributed by atoms with Crippen molar-refractivity contribution >= 4 is 11.8 Å². The number of amides is 2. The van der Waals surface area contributed by atoms with Crippen molar-refractivity contribution < 1.29 is 9.59 Å². The van der Waals surface area contributed by atoms with Gasteiger partial charge in [0.2, 0.25) is 11.8 Å². The molecule has 3 N–H and O–H groups in total. The molecular formula is C16H23N3O2. The van der Waals surface area contributed by atoms with Gasteiger partial charge in [0.1, 0.15) is 6.04 Å². The molecule has 21 heavy (non-hydrogen) atoms. The van der Waals surface area contributed by atoms with E-state index >= 15 is 0 Å². The van der Waals surface area contributed by atoms with Crippen LogP contribution in [-0.4, -0.2) is 41.9 Å². The maximum Gasteiger partial charge on any atom is 0.242 e. The summed E-state index contributed by atoms with van der Waals surface area (Å²) in [6, 6.07) is 9.04. The number of nitrogens with one attached hydrogen (secondary N) is 1. The Kier molecular flexibility index (Phi) is 5.33. The Labute approximate surface area is 125 Å². The van der Waals surface area contributed by atoms with E-state index in [2.05, 4.69) is 5.32 Å². The lowest BCUT2D eigenvalue weighted by Crippen LogP contribution is -2.60. The Bertz CT molecular complexity index is 490. The fourth-order valence-electron chi connectivity index (χ4n) is 2.69. The van der Waals surface area contributed by atoms with Gasteiger partial charge in [-0.1, -0.05) is 37.3 Å². The van der Waals surface area contributed by atoms with Crippen molar-refractivity contribution in [2.75, 3.05) is 13.1 Å². The Morgan fingerprint density at radius 1 is 1.43 bits per heavy atom. The molecule has 5 nitrogen and oxygen atoms in total. The fourth-order valence-corrected chi connectivity index (χ4v) is 2.69. The van der Waals surface area contributed by atoms with Crippen LogP contribution in [0.5, 0.6) is 0 Å². The van der Waals surface area contributed by atoms with Crippen molar-refractivity contribution in [1.29, 1.82) is 0 Å². The summed E-state index contributed by atoms with van der Waals surface area (Å²) in [5.41, 5.74) is 7.21. The number of piperazine rings is 1. The van der Waals surface area contributed by atoms with Crippen molar-refractivity contribution in [3.8, 4) is 0 Å². The lowest BCUT2D eigenvalue weighted by Gasteiger charge is -2.36. The predicted molar refractivity (Wildman–Crippen MR) is 81.5 cm³/mol. The van der Waals surface area contributed by atoms with Gasteiger partial charge in [-0.25, -0.2) is 0 Å². The predicted octanol–water partition coefficient (Wildman–Crippen LogP) is 0.684. The van der Waals surface area contributed by atoms with Crippen LogP contribution in [0.15, 0.2) is 30.3 Å². The van der Waals surface area contributed by atoms with Crippen LogP contribution in [0.25, 0.3) is 0 Å². The van der Waals surface area contributed by atoms with Gasteiger partial charge in [0.05, 0.1) is 6.04 Å². The van der Waals surface area contributed by atoms with Crippen LogP contribution in [0.1, 0.15) is 25.3 Å². The second kappa shape index (κ2) is 7.22. The van der Waals surface area contributed by atoms with Gasteiger partial charge >= 0.3 is 0 Å². The van der Waals surface area contributed by atoms with Gasteiger partial charge < -0.3 is 16.0 Å². The maximum absolute atomic E-state index is 12.5. The van der Waals surface area contributed by atoms with Gasteiger partial charge in [0, 0.05) is 13.1 Å². The summed E-state index contributed by atoms with van der Waals surface area (Å²) in [7, 11) is 0. The summed E-state index contributed by atoms with van der Waals surface area (Å²) in [6.45, 7) is 2.96. The van der Waals surface area contributed by atoms with Crippen molar-refractivity contribution in [2.45, 2.75) is 38.3 Å². The molecule has 0 aromatic heterocycles. The molecular weight excluding hydrogens is 266 g/mol. The van der Waals surface area contributed by atoms with Crippen LogP contribution in [0, 0.1) is 0 Å². The highest BCUT2D eigenvalue weighted by molar-refractivity contribution is 5.90. The normalized spacial score (nSPS) is 20.0. The number of carbonyl (C=O) groups is 2. The lowest BCUT2D eigenvalue weighted by molar-refractivity contribution is -0.144. The zero-order valence-electron chi connectivity index (χ0n) is 12.4. The second-order valence-corrected chi connectivity index (χ2v) is 5.38. The van der Waals surface area contributed by atoms with E-state index in [0.717, 1.165) is 6.42 Å². The molecule has 0 bridgehead atoms. The Hall–Kier alpha value is -1.88. The Morgan fingerprint density at radius 2 is 2.14 bits per heavy atom. The molecule has 1 unspecified atom stereocenters. The minimum absolute atomic E-state index is 0.0765. The summed E-state index contributed by atoms with van der Waals surface area (Å²) >= 11 is 0. The fraction of sp³-hybridized carbons (Fsp3) is 0.500. The minimum Gasteiger partial charge on any atom is -0.353 e. The molecule has 1 fully saturated rings. The number of nitrogens with two attached hydrogens (primary N) is 1. The summed E-state index contributed by atoms with van der Waals surface area (Å²) in [6.07, 6.45) is 1.98. The molecule has 1 aliphatic heterocycles. The van der Waals surface area contributed by atoms with E-state index in [0.29, 0.717) is 25.9 Å². The van der Waals surface area contributed by atoms with Crippen molar-refractivity contribution in [2.24, 2.45) is 5.73 Å². The van der Waals surface area contributed by atoms with E-state index in [4.69, 9.17) is 5.73 Å². The van der Waals surface area contributed by atoms with E-state index in [1.54, 1.807) is 4.90 Å². The molecule has 2 amide bonds. The number of benzene rings is 1. The first-order chi connectivity index (χ1) is 10.1. The molecule has 0 saturated carbocycles. The molecule has 114 valence electrons. The zero-order valence-corrected chi connectivity index (χ0v) is 12.4. The zero-order chi connectivity index (χ0) is 15.2. The van der Waals surface area contributed by atoms with Gasteiger partial charge in [-0.15, -0.1) is 0 Å². The smallest absolute Gasteiger partial charge is 0.242 e. The molecule has 2 atom stereocenters. The molecule has 1 heterocycles. The van der Waals surface area contributed by atoms with Gasteiger partial charge in [0.15, 0.2) is 0 Å². The Balaban J connectivity index is 1.93. The van der Waals surface area contributed by atoms with Crippen LogP contribution in [0.4, 0.5) is 0 Å². The summed E-state index contributed by atoms with van der Waals surface area (Å²) in [5, 5.41) is 2.79. The van der Waals surface area contributed by atoms with Crippen LogP contribution < -0.4 is 11.1 Å². The quantitative estimate of drug-likeness (QED) is 0.837. The molecule has 0 spiro atoms. The number of hydrogen-bond acceptors (Lipinski definition) is 3. The van der Waals surface area contributed by atoms with Gasteiger partial charge in [-0.05, 0) is 24.8 Å². The van der Waals surface area contributed by atoms with Crippen LogP contribution >= 0.6 is 0 Å². The van der Waals surface area contributed by atoms with Gasteiger partial charge in [-0.3, -0.25) is 9.59 Å². The first kappa shape index (κ1) is 15.5. The summed E-state index contributed by atoms with van der Waals surface area (Å²) < 4.78 is 0. The van der Waals surface area contributed by atoms with E-state index in [9.17, 15) is 9.59 Å². The highest BCUT2D eigenvalue weighted by Gasteiger charge is 2.33. The number of hydrogen-bond donors (Lipinski definition) is 2. The molecule has 1 aromatic carbocycles. The van der Waals surface area contributed by atoms with E-state index in [1.807, 2.05) is 37.3 Å². The minimum atomic E-state index is -0.551. The molecule has 1 saturated heterocycles. The summed E-state index contributed by atoms with van der Waals surface area (Å²) in [5.74, 6) is -0.194. The topological polar surface area (TPSA) is 75.4 Å². The number of aryl methyl sites for hydroxylation is 1. The second-order valence-electron chi connectivity index (χ2n) is 5.38. The monoisotopic (exact) mass is 289 g/mol. The maximum atomic E-state index is 12.5. The molecule has 0 aliphatic carbocycles. The largest absolute Gasteiger partial charge is 0.353 e. The van der Waals surface area contributed by atoms with E-state index < -0.39 is 6.04 Å². The third-order valence-electron chi connectivity index (χ3n) is 3.90. The van der Waals surface area contributed by atoms with E-state index in [1.165, 1.54) is 5.56 Å². The third-order valence-corrected chi connectivity index (χ3v) is 3.90. The highest BCUT2D eigenvalue weighted by Crippen LogP contribution is 2.12. The van der Waals surface area contributed by atoms with Crippen LogP contribution in [0.2, 0.25) is 0 Å². The Morgan fingerprint density at radius 3 is 2.81 bits per heavy atom. The molecule has 5 heteroatoms. The first-order valence-electron chi connectivity index (χ1n) is 7.51. The molecule has 2 rings (SSSR count). The molecule has 0 radical (unpaired) electrons. The van der Waals surface area contributed by atoms with Gasteiger partial charge in [0.25, 0.3) is 0 Å². The van der Waals surface area contributed by atoms with Crippen LogP contribution in [0.3, 0.4) is 0 Å². The third kappa shape index (κ3) is 3.82. The standard InChI is InChI=1S/C16H23N3O2/c1-2-14-15(20)18-10-11-19(14)16(21)13(17)9-8-12-6-4-3-5-7-12/h3-7,13-14H,2,8-11,17H2,1H3,(H,18,20)/t13-,14?/m0/s1. The van der Waals surface area contributed by atoms with E-state index in [-0.39, 0.29) is 17.9 Å². The van der Waals surface area contributed by atoms with Crippen LogP contribution in [-0.2, 0) is 16.0 Å². The molecule has 1 aliphatic rings. The average Bonchev–Trinajstić information content (AvgIpc) is 2.52. The first-order valence-corrected chi connectivity index (χ1v) is 7.51. The van der Waals surface area contributed by atoms with Crippen molar-refractivity contribution in [3.63, 3.8) is 0 Å². The van der Waals surface area contributed by atoms with Crippen molar-refractivity contribution in [3.05, 3.63) is 35.9 Å². The van der Waals surface area contributed by atoms with Gasteiger partial charge in [-0.2, -0.15) is 0 Å². The average molecular weight is 289 g/mol. The SMILES string of the molecule is CCC1C(=O)NCCN1C(=O)[C@@H](N)CCc1ccccc1.